The number of hydrogen-bond acceptors (Lipinski definition) is 4. The third-order valence-electron chi connectivity index (χ3n) is 6.29. The van der Waals surface area contributed by atoms with E-state index in [4.69, 9.17) is 11.0 Å². The van der Waals surface area contributed by atoms with Crippen molar-refractivity contribution in [2.75, 3.05) is 43.5 Å². The van der Waals surface area contributed by atoms with Crippen LogP contribution in [0, 0.1) is 17.2 Å². The van der Waals surface area contributed by atoms with Gasteiger partial charge in [0.15, 0.2) is 6.54 Å². The maximum atomic E-state index is 8.82. The first-order valence-corrected chi connectivity index (χ1v) is 13.0. The molecule has 0 amide bonds. The molecule has 5 heteroatoms. The Morgan fingerprint density at radius 3 is 1.70 bits per heavy atom. The highest BCUT2D eigenvalue weighted by Crippen LogP contribution is 2.17. The van der Waals surface area contributed by atoms with Crippen LogP contribution in [0.15, 0.2) is 66.7 Å². The fourth-order valence-corrected chi connectivity index (χ4v) is 4.15. The Bertz CT molecular complexity index is 1220. The Kier molecular flexibility index (Phi) is 10.5. The Morgan fingerprint density at radius 2 is 1.27 bits per heavy atom. The van der Waals surface area contributed by atoms with E-state index in [0.717, 1.165) is 30.9 Å². The first-order valence-electron chi connectivity index (χ1n) is 13.0. The molecule has 2 N–H and O–H groups in total. The van der Waals surface area contributed by atoms with Crippen LogP contribution in [0.1, 0.15) is 42.8 Å². The minimum Gasteiger partial charge on any atom is -0.374 e. The van der Waals surface area contributed by atoms with Crippen molar-refractivity contribution in [2.24, 2.45) is 11.7 Å². The zero-order valence-electron chi connectivity index (χ0n) is 22.6. The Labute approximate surface area is 222 Å². The lowest BCUT2D eigenvalue weighted by atomic mass is 10.1. The molecule has 0 aliphatic carbocycles. The molecule has 2 aromatic carbocycles. The van der Waals surface area contributed by atoms with Gasteiger partial charge in [0, 0.05) is 75.3 Å². The summed E-state index contributed by atoms with van der Waals surface area (Å²) in [4.78, 5) is 4.27. The lowest BCUT2D eigenvalue weighted by Gasteiger charge is -2.18. The van der Waals surface area contributed by atoms with E-state index in [9.17, 15) is 0 Å². The fourth-order valence-electron chi connectivity index (χ4n) is 4.15. The van der Waals surface area contributed by atoms with Gasteiger partial charge in [-0.3, -0.25) is 0 Å². The van der Waals surface area contributed by atoms with E-state index in [1.165, 1.54) is 22.6 Å². The number of rotatable bonds is 12. The van der Waals surface area contributed by atoms with E-state index < -0.39 is 0 Å². The molecule has 0 atom stereocenters. The molecule has 0 bridgehead atoms. The van der Waals surface area contributed by atoms with Gasteiger partial charge in [-0.05, 0) is 53.6 Å². The Hall–Kier alpha value is -3.88. The molecule has 0 saturated heterocycles. The first-order chi connectivity index (χ1) is 17.9. The molecule has 37 heavy (non-hydrogen) atoms. The second kappa shape index (κ2) is 14.0. The third-order valence-corrected chi connectivity index (χ3v) is 6.29. The van der Waals surface area contributed by atoms with Crippen molar-refractivity contribution >= 4 is 35.7 Å². The number of anilines is 2. The summed E-state index contributed by atoms with van der Waals surface area (Å²) in [5.74, 6) is 0.521. The molecule has 5 nitrogen and oxygen atoms in total. The van der Waals surface area contributed by atoms with E-state index in [0.29, 0.717) is 18.9 Å². The Balaban J connectivity index is 1.80. The van der Waals surface area contributed by atoms with E-state index in [2.05, 4.69) is 132 Å². The smallest absolute Gasteiger partial charge is 0.205 e. The van der Waals surface area contributed by atoms with Gasteiger partial charge in [0.25, 0.3) is 0 Å². The van der Waals surface area contributed by atoms with Crippen molar-refractivity contribution in [3.8, 4) is 6.07 Å². The van der Waals surface area contributed by atoms with E-state index >= 15 is 0 Å². The second-order valence-corrected chi connectivity index (χ2v) is 9.77. The lowest BCUT2D eigenvalue weighted by molar-refractivity contribution is -0.705. The van der Waals surface area contributed by atoms with Crippen LogP contribution in [0.3, 0.4) is 0 Å². The zero-order valence-corrected chi connectivity index (χ0v) is 22.6. The van der Waals surface area contributed by atoms with E-state index in [1.54, 1.807) is 0 Å². The lowest BCUT2D eigenvalue weighted by Crippen LogP contribution is -2.42. The number of likely N-dealkylation sites (N-methyl/N-ethyl adjacent to an activating group) is 1. The topological polar surface area (TPSA) is 60.2 Å². The normalized spacial score (nSPS) is 11.4. The molecule has 0 aliphatic heterocycles. The quantitative estimate of drug-likeness (QED) is 0.327. The molecule has 0 aliphatic rings. The molecule has 192 valence electrons. The summed E-state index contributed by atoms with van der Waals surface area (Å²) in [5.41, 5.74) is 12.6. The summed E-state index contributed by atoms with van der Waals surface area (Å²) in [7, 11) is 4.08. The SMILES string of the molecule is CC(C)C[n+]1c(/C=C/c2ccc(N(C)CCN)cc2)cccc1/C=C/c1ccc(N(C)CCC#N)cc1. The van der Waals surface area contributed by atoms with Crippen LogP contribution >= 0.6 is 0 Å². The molecule has 3 aromatic rings. The number of pyridine rings is 1. The molecule has 1 aromatic heterocycles. The molecule has 0 spiro atoms. The second-order valence-electron chi connectivity index (χ2n) is 9.77. The zero-order chi connectivity index (χ0) is 26.6. The van der Waals surface area contributed by atoms with Crippen LogP contribution in [0.5, 0.6) is 0 Å². The number of nitrogens with two attached hydrogens (primary N) is 1. The standard InChI is InChI=1S/C32H40N5/c1-26(2)25-37-31(19-13-27-9-15-29(16-10-27)35(3)23-6-21-33)7-5-8-32(37)20-14-28-11-17-30(18-12-28)36(4)24-22-34/h5,7-20,26H,6,22-25,34H2,1-4H3/q+1. The van der Waals surface area contributed by atoms with Gasteiger partial charge in [-0.1, -0.05) is 38.1 Å². The van der Waals surface area contributed by atoms with Crippen LogP contribution < -0.4 is 20.1 Å². The van der Waals surface area contributed by atoms with Gasteiger partial charge in [0.2, 0.25) is 11.4 Å². The van der Waals surface area contributed by atoms with Crippen molar-refractivity contribution in [3.05, 3.63) is 89.2 Å². The summed E-state index contributed by atoms with van der Waals surface area (Å²) >= 11 is 0. The number of benzene rings is 2. The predicted octanol–water partition coefficient (Wildman–Crippen LogP) is 5.72. The van der Waals surface area contributed by atoms with Crippen LogP contribution in [-0.4, -0.2) is 33.7 Å². The molecular weight excluding hydrogens is 454 g/mol. The highest BCUT2D eigenvalue weighted by molar-refractivity contribution is 5.70. The monoisotopic (exact) mass is 494 g/mol. The minimum atomic E-state index is 0.521. The van der Waals surface area contributed by atoms with Gasteiger partial charge >= 0.3 is 0 Å². The highest BCUT2D eigenvalue weighted by Gasteiger charge is 2.14. The largest absolute Gasteiger partial charge is 0.374 e. The number of aromatic nitrogens is 1. The van der Waals surface area contributed by atoms with Crippen molar-refractivity contribution in [1.29, 1.82) is 5.26 Å². The van der Waals surface area contributed by atoms with Gasteiger partial charge in [0.1, 0.15) is 0 Å². The highest BCUT2D eigenvalue weighted by atomic mass is 15.1. The molecule has 0 saturated carbocycles. The first kappa shape index (κ1) is 27.7. The molecule has 3 rings (SSSR count). The van der Waals surface area contributed by atoms with Gasteiger partial charge < -0.3 is 15.5 Å². The average Bonchev–Trinajstić information content (AvgIpc) is 2.90. The summed E-state index contributed by atoms with van der Waals surface area (Å²) in [6.07, 6.45) is 9.25. The summed E-state index contributed by atoms with van der Waals surface area (Å²) in [6.45, 7) is 7.65. The molecule has 0 fully saturated rings. The maximum Gasteiger partial charge on any atom is 0.205 e. The summed E-state index contributed by atoms with van der Waals surface area (Å²) < 4.78 is 2.38. The fraction of sp³-hybridized carbons (Fsp3) is 0.312. The number of nitriles is 1. The van der Waals surface area contributed by atoms with Crippen molar-refractivity contribution in [3.63, 3.8) is 0 Å². The van der Waals surface area contributed by atoms with Crippen LogP contribution in [0.25, 0.3) is 24.3 Å². The van der Waals surface area contributed by atoms with Gasteiger partial charge in [-0.2, -0.15) is 9.83 Å². The molecular formula is C32H40N5+. The predicted molar refractivity (Wildman–Crippen MR) is 158 cm³/mol. The van der Waals surface area contributed by atoms with Crippen molar-refractivity contribution < 1.29 is 4.57 Å². The van der Waals surface area contributed by atoms with Gasteiger partial charge in [-0.15, -0.1) is 0 Å². The summed E-state index contributed by atoms with van der Waals surface area (Å²) in [6, 6.07) is 25.7. The van der Waals surface area contributed by atoms with Crippen molar-refractivity contribution in [1.82, 2.24) is 0 Å². The third kappa shape index (κ3) is 8.34. The van der Waals surface area contributed by atoms with Crippen LogP contribution in [0.2, 0.25) is 0 Å². The van der Waals surface area contributed by atoms with E-state index in [1.807, 2.05) is 7.05 Å². The minimum absolute atomic E-state index is 0.521. The molecule has 1 heterocycles. The molecule has 0 radical (unpaired) electrons. The van der Waals surface area contributed by atoms with Gasteiger partial charge in [-0.25, -0.2) is 0 Å². The van der Waals surface area contributed by atoms with Crippen LogP contribution in [-0.2, 0) is 6.54 Å². The van der Waals surface area contributed by atoms with Gasteiger partial charge in [0.05, 0.1) is 12.5 Å². The Morgan fingerprint density at radius 1 is 0.784 bits per heavy atom. The van der Waals surface area contributed by atoms with E-state index in [-0.39, 0.29) is 0 Å². The number of hydrogen-bond donors (Lipinski definition) is 1. The van der Waals surface area contributed by atoms with Crippen LogP contribution in [0.4, 0.5) is 11.4 Å². The molecule has 0 unspecified atom stereocenters. The summed E-state index contributed by atoms with van der Waals surface area (Å²) in [5, 5.41) is 8.82. The maximum absolute atomic E-state index is 8.82. The number of nitrogens with zero attached hydrogens (tertiary/aromatic N) is 4. The average molecular weight is 495 g/mol. The van der Waals surface area contributed by atoms with Crippen molar-refractivity contribution in [2.45, 2.75) is 26.8 Å².